The number of ether oxygens (including phenoxy) is 3. The molecule has 2 aliphatic rings. The minimum absolute atomic E-state index is 0.0312. The van der Waals surface area contributed by atoms with E-state index >= 15 is 0 Å². The third-order valence-electron chi connectivity index (χ3n) is 6.29. The molecule has 2 aromatic carbocycles. The number of halogens is 1. The molecule has 2 aliphatic heterocycles. The van der Waals surface area contributed by atoms with Crippen molar-refractivity contribution in [3.8, 4) is 22.9 Å². The minimum atomic E-state index is -0.981. The molecule has 1 atom stereocenters. The SMILES string of the molecule is Cc1nc2c(c(-c3ccc(F)cc3)n1)OC(=O)/C=C\C(=O)OC(CCN1CCN(c3ccccc3)CC1)O2. The zero-order chi connectivity index (χ0) is 26.5. The smallest absolute Gasteiger partial charge is 0.336 e. The molecule has 0 spiro atoms. The molecule has 9 nitrogen and oxygen atoms in total. The fraction of sp³-hybridized carbons (Fsp3) is 0.286. The van der Waals surface area contributed by atoms with Crippen molar-refractivity contribution in [3.05, 3.63) is 78.4 Å². The highest BCUT2D eigenvalue weighted by Crippen LogP contribution is 2.37. The lowest BCUT2D eigenvalue weighted by Gasteiger charge is -2.36. The van der Waals surface area contributed by atoms with E-state index in [9.17, 15) is 14.0 Å². The van der Waals surface area contributed by atoms with Crippen LogP contribution in [0, 0.1) is 12.7 Å². The number of rotatable bonds is 5. The Labute approximate surface area is 219 Å². The second-order valence-corrected chi connectivity index (χ2v) is 8.95. The quantitative estimate of drug-likeness (QED) is 0.470. The van der Waals surface area contributed by atoms with E-state index in [4.69, 9.17) is 14.2 Å². The highest BCUT2D eigenvalue weighted by molar-refractivity contribution is 5.93. The Morgan fingerprint density at radius 2 is 1.61 bits per heavy atom. The number of esters is 2. The zero-order valence-corrected chi connectivity index (χ0v) is 20.9. The normalized spacial score (nSPS) is 19.1. The number of carbonyl (C=O) groups excluding carboxylic acids is 2. The Hall–Kier alpha value is -4.31. The largest absolute Gasteiger partial charge is 0.434 e. The van der Waals surface area contributed by atoms with Crippen LogP contribution < -0.4 is 14.4 Å². The van der Waals surface area contributed by atoms with Gasteiger partial charge in [0.15, 0.2) is 0 Å². The van der Waals surface area contributed by atoms with E-state index in [0.717, 1.165) is 38.3 Å². The van der Waals surface area contributed by atoms with Gasteiger partial charge in [0.2, 0.25) is 12.0 Å². The summed E-state index contributed by atoms with van der Waals surface area (Å²) in [6.07, 6.45) is 1.36. The van der Waals surface area contributed by atoms with Crippen molar-refractivity contribution < 1.29 is 28.2 Å². The molecule has 1 aromatic heterocycles. The van der Waals surface area contributed by atoms with Crippen molar-refractivity contribution in [1.29, 1.82) is 0 Å². The maximum absolute atomic E-state index is 13.5. The zero-order valence-electron chi connectivity index (χ0n) is 20.9. The first-order valence-electron chi connectivity index (χ1n) is 12.4. The summed E-state index contributed by atoms with van der Waals surface area (Å²) in [7, 11) is 0. The predicted molar refractivity (Wildman–Crippen MR) is 137 cm³/mol. The molecule has 38 heavy (non-hydrogen) atoms. The Bertz CT molecular complexity index is 1330. The molecule has 1 saturated heterocycles. The second-order valence-electron chi connectivity index (χ2n) is 8.95. The van der Waals surface area contributed by atoms with Gasteiger partial charge in [0.05, 0.1) is 0 Å². The van der Waals surface area contributed by atoms with E-state index < -0.39 is 24.0 Å². The van der Waals surface area contributed by atoms with Crippen LogP contribution in [0.3, 0.4) is 0 Å². The first kappa shape index (κ1) is 25.3. The average Bonchev–Trinajstić information content (AvgIpc) is 2.93. The summed E-state index contributed by atoms with van der Waals surface area (Å²) in [5, 5.41) is 0. The Morgan fingerprint density at radius 3 is 2.34 bits per heavy atom. The third kappa shape index (κ3) is 6.15. The lowest BCUT2D eigenvalue weighted by Crippen LogP contribution is -2.47. The molecule has 3 heterocycles. The van der Waals surface area contributed by atoms with Gasteiger partial charge in [0.25, 0.3) is 5.88 Å². The van der Waals surface area contributed by atoms with Gasteiger partial charge in [-0.3, -0.25) is 4.90 Å². The number of aryl methyl sites for hydroxylation is 1. The van der Waals surface area contributed by atoms with Crippen LogP contribution >= 0.6 is 0 Å². The number of carbonyl (C=O) groups is 2. The number of anilines is 1. The van der Waals surface area contributed by atoms with Gasteiger partial charge in [-0.15, -0.1) is 0 Å². The van der Waals surface area contributed by atoms with Crippen LogP contribution in [0.25, 0.3) is 11.3 Å². The first-order chi connectivity index (χ1) is 18.4. The Kier molecular flexibility index (Phi) is 7.60. The number of nitrogens with zero attached hydrogens (tertiary/aromatic N) is 4. The van der Waals surface area contributed by atoms with E-state index in [1.54, 1.807) is 6.92 Å². The molecule has 0 radical (unpaired) electrons. The number of fused-ring (bicyclic) bond motifs is 1. The third-order valence-corrected chi connectivity index (χ3v) is 6.29. The van der Waals surface area contributed by atoms with Crippen LogP contribution in [0.2, 0.25) is 0 Å². The number of piperazine rings is 1. The molecule has 196 valence electrons. The van der Waals surface area contributed by atoms with E-state index in [2.05, 4.69) is 31.9 Å². The van der Waals surface area contributed by atoms with Gasteiger partial charge in [0.1, 0.15) is 17.3 Å². The second kappa shape index (κ2) is 11.4. The Morgan fingerprint density at radius 1 is 0.895 bits per heavy atom. The fourth-order valence-electron chi connectivity index (χ4n) is 4.37. The molecule has 1 unspecified atom stereocenters. The highest BCUT2D eigenvalue weighted by Gasteiger charge is 2.27. The van der Waals surface area contributed by atoms with Crippen molar-refractivity contribution in [1.82, 2.24) is 14.9 Å². The predicted octanol–water partition coefficient (Wildman–Crippen LogP) is 3.53. The minimum Gasteiger partial charge on any atom is -0.434 e. The van der Waals surface area contributed by atoms with Crippen molar-refractivity contribution in [2.75, 3.05) is 37.6 Å². The summed E-state index contributed by atoms with van der Waals surface area (Å²) in [5.41, 5.74) is 1.97. The van der Waals surface area contributed by atoms with E-state index in [0.29, 0.717) is 24.4 Å². The van der Waals surface area contributed by atoms with Gasteiger partial charge in [0, 0.05) is 62.5 Å². The molecule has 0 bridgehead atoms. The molecular formula is C28H27FN4O5. The van der Waals surface area contributed by atoms with Gasteiger partial charge in [-0.2, -0.15) is 4.98 Å². The van der Waals surface area contributed by atoms with Gasteiger partial charge >= 0.3 is 11.9 Å². The summed E-state index contributed by atoms with van der Waals surface area (Å²) in [5.74, 6) is -1.69. The number of hydrogen-bond donors (Lipinski definition) is 0. The molecule has 10 heteroatoms. The molecule has 0 N–H and O–H groups in total. The van der Waals surface area contributed by atoms with Gasteiger partial charge in [-0.05, 0) is 43.3 Å². The van der Waals surface area contributed by atoms with Crippen molar-refractivity contribution in [2.24, 2.45) is 0 Å². The number of hydrogen-bond acceptors (Lipinski definition) is 9. The number of cyclic esters (lactones) is 1. The maximum atomic E-state index is 13.5. The van der Waals surface area contributed by atoms with E-state index in [-0.39, 0.29) is 17.3 Å². The van der Waals surface area contributed by atoms with Gasteiger partial charge in [-0.25, -0.2) is 19.0 Å². The van der Waals surface area contributed by atoms with Crippen molar-refractivity contribution in [3.63, 3.8) is 0 Å². The number of benzene rings is 2. The van der Waals surface area contributed by atoms with Crippen molar-refractivity contribution >= 4 is 17.6 Å². The Balaban J connectivity index is 1.34. The van der Waals surface area contributed by atoms with Crippen LogP contribution in [0.15, 0.2) is 66.7 Å². The molecule has 5 rings (SSSR count). The lowest BCUT2D eigenvalue weighted by molar-refractivity contribution is -0.160. The molecule has 0 aliphatic carbocycles. The monoisotopic (exact) mass is 518 g/mol. The van der Waals surface area contributed by atoms with Gasteiger partial charge < -0.3 is 19.1 Å². The van der Waals surface area contributed by atoms with Crippen LogP contribution in [-0.2, 0) is 14.3 Å². The average molecular weight is 519 g/mol. The lowest BCUT2D eigenvalue weighted by atomic mass is 10.1. The first-order valence-corrected chi connectivity index (χ1v) is 12.4. The molecule has 3 aromatic rings. The standard InChI is InChI=1S/C28H27FN4O5/c1-19-30-26(20-7-9-21(29)10-8-20)27-28(31-19)38-25(36-23(34)11-12-24(35)37-27)13-14-32-15-17-33(18-16-32)22-5-3-2-4-6-22/h2-12,25H,13-18H2,1H3/b12-11-. The number of para-hydroxylation sites is 1. The summed E-state index contributed by atoms with van der Waals surface area (Å²) >= 11 is 0. The maximum Gasteiger partial charge on any atom is 0.336 e. The summed E-state index contributed by atoms with van der Waals surface area (Å²) in [6, 6.07) is 15.9. The summed E-state index contributed by atoms with van der Waals surface area (Å²) in [4.78, 5) is 38.0. The molecular weight excluding hydrogens is 491 g/mol. The molecule has 0 amide bonds. The molecule has 1 fully saturated rings. The molecule has 0 saturated carbocycles. The van der Waals surface area contributed by atoms with Crippen molar-refractivity contribution in [2.45, 2.75) is 19.6 Å². The van der Waals surface area contributed by atoms with Crippen LogP contribution in [0.1, 0.15) is 12.2 Å². The van der Waals surface area contributed by atoms with E-state index in [1.165, 1.54) is 30.0 Å². The summed E-state index contributed by atoms with van der Waals surface area (Å²) < 4.78 is 30.6. The van der Waals surface area contributed by atoms with Crippen LogP contribution in [-0.4, -0.2) is 65.8 Å². The fourth-order valence-corrected chi connectivity index (χ4v) is 4.37. The topological polar surface area (TPSA) is 94.1 Å². The summed E-state index contributed by atoms with van der Waals surface area (Å²) in [6.45, 7) is 5.73. The van der Waals surface area contributed by atoms with Gasteiger partial charge in [-0.1, -0.05) is 18.2 Å². The van der Waals surface area contributed by atoms with Crippen LogP contribution in [0.4, 0.5) is 10.1 Å². The highest BCUT2D eigenvalue weighted by atomic mass is 19.1. The van der Waals surface area contributed by atoms with E-state index in [1.807, 2.05) is 18.2 Å². The van der Waals surface area contributed by atoms with Crippen LogP contribution in [0.5, 0.6) is 11.6 Å². The number of aromatic nitrogens is 2.